The van der Waals surface area contributed by atoms with Gasteiger partial charge < -0.3 is 10.1 Å². The van der Waals surface area contributed by atoms with Crippen molar-refractivity contribution in [2.24, 2.45) is 0 Å². The number of H-pyrrole nitrogens is 1. The Kier molecular flexibility index (Phi) is 5.82. The highest BCUT2D eigenvalue weighted by Gasteiger charge is 2.20. The van der Waals surface area contributed by atoms with E-state index in [9.17, 15) is 9.59 Å². The van der Waals surface area contributed by atoms with Crippen LogP contribution in [0.4, 0.5) is 5.69 Å². The second-order valence-electron chi connectivity index (χ2n) is 5.81. The lowest BCUT2D eigenvalue weighted by Crippen LogP contribution is -2.25. The van der Waals surface area contributed by atoms with E-state index in [4.69, 9.17) is 16.3 Å². The summed E-state index contributed by atoms with van der Waals surface area (Å²) in [5.41, 5.74) is 1.21. The number of amides is 1. The molecule has 1 aliphatic heterocycles. The number of halogens is 1. The highest BCUT2D eigenvalue weighted by Crippen LogP contribution is 2.23. The summed E-state index contributed by atoms with van der Waals surface area (Å²) in [6.45, 7) is 3.02. The molecule has 25 heavy (non-hydrogen) atoms. The van der Waals surface area contributed by atoms with Crippen molar-refractivity contribution in [2.45, 2.75) is 37.6 Å². The maximum absolute atomic E-state index is 12.2. The van der Waals surface area contributed by atoms with Crippen LogP contribution in [-0.2, 0) is 16.1 Å². The Hall–Kier alpha value is -1.77. The highest BCUT2D eigenvalue weighted by atomic mass is 35.5. The fourth-order valence-corrected chi connectivity index (χ4v) is 3.56. The van der Waals surface area contributed by atoms with Crippen molar-refractivity contribution in [1.29, 1.82) is 0 Å². The zero-order valence-corrected chi connectivity index (χ0v) is 15.3. The van der Waals surface area contributed by atoms with Crippen LogP contribution in [0.5, 0.6) is 0 Å². The number of ether oxygens (including phenoxy) is 1. The number of aromatic nitrogens is 3. The largest absolute Gasteiger partial charge is 0.376 e. The van der Waals surface area contributed by atoms with Gasteiger partial charge in [0.25, 0.3) is 0 Å². The Labute approximate surface area is 154 Å². The Morgan fingerprint density at radius 3 is 3.16 bits per heavy atom. The molecule has 2 N–H and O–H groups in total. The smallest absolute Gasteiger partial charge is 0.344 e. The van der Waals surface area contributed by atoms with E-state index in [-0.39, 0.29) is 23.5 Å². The van der Waals surface area contributed by atoms with Gasteiger partial charge in [-0.15, -0.1) is 5.10 Å². The first-order valence-corrected chi connectivity index (χ1v) is 9.35. The number of hydrogen-bond donors (Lipinski definition) is 2. The summed E-state index contributed by atoms with van der Waals surface area (Å²) in [5, 5.41) is 10.3. The van der Waals surface area contributed by atoms with Crippen LogP contribution in [0.15, 0.2) is 28.2 Å². The van der Waals surface area contributed by atoms with Crippen molar-refractivity contribution >= 4 is 35.0 Å². The number of rotatable bonds is 6. The van der Waals surface area contributed by atoms with Gasteiger partial charge in [0, 0.05) is 17.3 Å². The normalized spacial score (nSPS) is 17.0. The van der Waals surface area contributed by atoms with Crippen LogP contribution >= 0.6 is 23.4 Å². The second kappa shape index (κ2) is 8.07. The lowest BCUT2D eigenvalue weighted by Gasteiger charge is -2.11. The molecule has 0 bridgehead atoms. The van der Waals surface area contributed by atoms with Crippen LogP contribution in [-0.4, -0.2) is 39.1 Å². The molecule has 0 aliphatic carbocycles. The van der Waals surface area contributed by atoms with E-state index in [0.717, 1.165) is 25.0 Å². The van der Waals surface area contributed by atoms with E-state index >= 15 is 0 Å². The molecule has 2 aromatic rings. The molecular formula is C16H19ClN4O3S. The van der Waals surface area contributed by atoms with Crippen molar-refractivity contribution in [3.63, 3.8) is 0 Å². The van der Waals surface area contributed by atoms with Crippen LogP contribution < -0.4 is 11.0 Å². The minimum absolute atomic E-state index is 0.0255. The summed E-state index contributed by atoms with van der Waals surface area (Å²) in [7, 11) is 0. The lowest BCUT2D eigenvalue weighted by molar-refractivity contribution is -0.113. The Morgan fingerprint density at radius 1 is 1.56 bits per heavy atom. The predicted octanol–water partition coefficient (Wildman–Crippen LogP) is 2.44. The van der Waals surface area contributed by atoms with Crippen LogP contribution in [0.3, 0.4) is 0 Å². The molecular weight excluding hydrogens is 364 g/mol. The van der Waals surface area contributed by atoms with Gasteiger partial charge in [0.15, 0.2) is 5.16 Å². The molecule has 0 unspecified atom stereocenters. The lowest BCUT2D eigenvalue weighted by atomic mass is 10.2. The van der Waals surface area contributed by atoms with Gasteiger partial charge in [-0.25, -0.2) is 9.89 Å². The van der Waals surface area contributed by atoms with Crippen molar-refractivity contribution in [2.75, 3.05) is 17.7 Å². The van der Waals surface area contributed by atoms with Crippen LogP contribution in [0.1, 0.15) is 18.4 Å². The van der Waals surface area contributed by atoms with Gasteiger partial charge in [-0.05, 0) is 37.5 Å². The number of anilines is 1. The Morgan fingerprint density at radius 2 is 2.40 bits per heavy atom. The minimum Gasteiger partial charge on any atom is -0.376 e. The molecule has 1 aromatic heterocycles. The number of nitrogens with one attached hydrogen (secondary N) is 2. The predicted molar refractivity (Wildman–Crippen MR) is 97.4 cm³/mol. The zero-order valence-electron chi connectivity index (χ0n) is 13.8. The number of nitrogens with zero attached hydrogens (tertiary/aromatic N) is 2. The van der Waals surface area contributed by atoms with E-state index in [2.05, 4.69) is 15.5 Å². The topological polar surface area (TPSA) is 89.0 Å². The number of benzene rings is 1. The zero-order chi connectivity index (χ0) is 17.8. The third-order valence-corrected chi connectivity index (χ3v) is 5.39. The molecule has 1 saturated heterocycles. The number of carbonyl (C=O) groups excluding carboxylic acids is 1. The summed E-state index contributed by atoms with van der Waals surface area (Å²) in [5.74, 6) is -0.0450. The maximum atomic E-state index is 12.2. The molecule has 2 heterocycles. The van der Waals surface area contributed by atoms with Crippen LogP contribution in [0.2, 0.25) is 5.02 Å². The van der Waals surface area contributed by atoms with E-state index in [0.29, 0.717) is 22.4 Å². The molecule has 134 valence electrons. The van der Waals surface area contributed by atoms with Crippen LogP contribution in [0.25, 0.3) is 0 Å². The Bertz CT molecular complexity index is 814. The van der Waals surface area contributed by atoms with Crippen molar-refractivity contribution < 1.29 is 9.53 Å². The molecule has 9 heteroatoms. The second-order valence-corrected chi connectivity index (χ2v) is 7.16. The van der Waals surface area contributed by atoms with E-state index in [1.165, 1.54) is 16.3 Å². The maximum Gasteiger partial charge on any atom is 0.344 e. The van der Waals surface area contributed by atoms with Gasteiger partial charge in [-0.3, -0.25) is 9.36 Å². The summed E-state index contributed by atoms with van der Waals surface area (Å²) < 4.78 is 7.09. The highest BCUT2D eigenvalue weighted by molar-refractivity contribution is 7.99. The van der Waals surface area contributed by atoms with Gasteiger partial charge in [-0.2, -0.15) is 0 Å². The molecule has 7 nitrogen and oxygen atoms in total. The average molecular weight is 383 g/mol. The molecule has 1 fully saturated rings. The van der Waals surface area contributed by atoms with E-state index < -0.39 is 0 Å². The first-order valence-electron chi connectivity index (χ1n) is 7.99. The summed E-state index contributed by atoms with van der Waals surface area (Å²) in [6, 6.07) is 5.35. The first-order chi connectivity index (χ1) is 12.0. The standard InChI is InChI=1S/C16H19ClN4O3S/c1-10-12(17)5-2-6-13(10)18-14(22)9-25-16-20-19-15(23)21(16)8-11-4-3-7-24-11/h2,5-6,11H,3-4,7-9H2,1H3,(H,18,22)(H,19,23)/t11-/m0/s1. The molecule has 1 aromatic carbocycles. The average Bonchev–Trinajstić information content (AvgIpc) is 3.22. The molecule has 1 amide bonds. The number of aromatic amines is 1. The molecule has 0 saturated carbocycles. The number of hydrogen-bond acceptors (Lipinski definition) is 5. The third kappa shape index (κ3) is 4.45. The minimum atomic E-state index is -0.288. The quantitative estimate of drug-likeness (QED) is 0.749. The number of carbonyl (C=O) groups is 1. The van der Waals surface area contributed by atoms with E-state index in [1.807, 2.05) is 6.92 Å². The molecule has 1 aliphatic rings. The van der Waals surface area contributed by atoms with E-state index in [1.54, 1.807) is 18.2 Å². The van der Waals surface area contributed by atoms with Crippen LogP contribution in [0, 0.1) is 6.92 Å². The number of thioether (sulfide) groups is 1. The summed E-state index contributed by atoms with van der Waals surface area (Å²) in [4.78, 5) is 24.1. The first kappa shape index (κ1) is 18.0. The molecule has 0 spiro atoms. The van der Waals surface area contributed by atoms with Crippen molar-refractivity contribution in [1.82, 2.24) is 14.8 Å². The summed E-state index contributed by atoms with van der Waals surface area (Å²) in [6.07, 6.45) is 1.95. The van der Waals surface area contributed by atoms with Crippen molar-refractivity contribution in [3.8, 4) is 0 Å². The monoisotopic (exact) mass is 382 g/mol. The van der Waals surface area contributed by atoms with Gasteiger partial charge in [-0.1, -0.05) is 29.4 Å². The third-order valence-electron chi connectivity index (χ3n) is 4.01. The molecule has 3 rings (SSSR count). The SMILES string of the molecule is Cc1c(Cl)cccc1NC(=O)CSc1n[nH]c(=O)n1C[C@@H]1CCCO1. The Balaban J connectivity index is 1.60. The fraction of sp³-hybridized carbons (Fsp3) is 0.438. The van der Waals surface area contributed by atoms with Crippen molar-refractivity contribution in [3.05, 3.63) is 39.3 Å². The van der Waals surface area contributed by atoms with Gasteiger partial charge in [0.1, 0.15) is 0 Å². The van der Waals surface area contributed by atoms with Gasteiger partial charge >= 0.3 is 5.69 Å². The summed E-state index contributed by atoms with van der Waals surface area (Å²) >= 11 is 7.26. The molecule has 1 atom stereocenters. The molecule has 0 radical (unpaired) electrons. The fourth-order valence-electron chi connectivity index (χ4n) is 2.63. The van der Waals surface area contributed by atoms with Gasteiger partial charge in [0.2, 0.25) is 5.91 Å². The van der Waals surface area contributed by atoms with Gasteiger partial charge in [0.05, 0.1) is 18.4 Å².